The molecular formula is C18H20N4O2S. The van der Waals surface area contributed by atoms with Gasteiger partial charge >= 0.3 is 0 Å². The summed E-state index contributed by atoms with van der Waals surface area (Å²) in [6.07, 6.45) is 1.59. The van der Waals surface area contributed by atoms with Crippen molar-refractivity contribution < 1.29 is 9.21 Å². The number of benzene rings is 1. The number of carbonyl (C=O) groups is 1. The van der Waals surface area contributed by atoms with Crippen molar-refractivity contribution >= 4 is 23.4 Å². The Labute approximate surface area is 150 Å². The molecule has 0 bridgehead atoms. The van der Waals surface area contributed by atoms with E-state index in [1.54, 1.807) is 12.3 Å². The Balaban J connectivity index is 1.72. The number of para-hydroxylation sites is 1. The summed E-state index contributed by atoms with van der Waals surface area (Å²) < 4.78 is 7.19. The van der Waals surface area contributed by atoms with Crippen molar-refractivity contribution in [1.29, 1.82) is 0 Å². The Morgan fingerprint density at radius 2 is 1.92 bits per heavy atom. The van der Waals surface area contributed by atoms with Gasteiger partial charge in [-0.25, -0.2) is 0 Å². The van der Waals surface area contributed by atoms with Gasteiger partial charge in [0.25, 0.3) is 0 Å². The molecule has 0 aliphatic rings. The van der Waals surface area contributed by atoms with Crippen molar-refractivity contribution in [3.05, 3.63) is 47.7 Å². The number of amides is 1. The molecule has 0 spiro atoms. The van der Waals surface area contributed by atoms with Crippen LogP contribution >= 0.6 is 11.8 Å². The molecule has 1 unspecified atom stereocenters. The molecule has 2 aromatic heterocycles. The average Bonchev–Trinajstić information content (AvgIpc) is 3.21. The number of nitrogens with one attached hydrogen (secondary N) is 1. The first-order chi connectivity index (χ1) is 12.0. The molecule has 0 aliphatic carbocycles. The molecule has 3 aromatic rings. The Morgan fingerprint density at radius 1 is 1.20 bits per heavy atom. The minimum absolute atomic E-state index is 0.0649. The predicted molar refractivity (Wildman–Crippen MR) is 98.6 cm³/mol. The zero-order valence-electron chi connectivity index (χ0n) is 14.6. The maximum atomic E-state index is 12.6. The van der Waals surface area contributed by atoms with E-state index in [2.05, 4.69) is 15.5 Å². The van der Waals surface area contributed by atoms with Gasteiger partial charge in [0, 0.05) is 12.7 Å². The van der Waals surface area contributed by atoms with Gasteiger partial charge in [0.05, 0.1) is 11.5 Å². The molecular weight excluding hydrogens is 336 g/mol. The molecule has 1 atom stereocenters. The summed E-state index contributed by atoms with van der Waals surface area (Å²) in [5.74, 6) is 1.22. The number of hydrogen-bond donors (Lipinski definition) is 1. The fourth-order valence-corrected chi connectivity index (χ4v) is 3.30. The van der Waals surface area contributed by atoms with Crippen molar-refractivity contribution in [1.82, 2.24) is 14.8 Å². The van der Waals surface area contributed by atoms with Crippen LogP contribution < -0.4 is 5.32 Å². The third-order valence-corrected chi connectivity index (χ3v) is 5.09. The molecule has 6 nitrogen and oxygen atoms in total. The van der Waals surface area contributed by atoms with Crippen LogP contribution in [0, 0.1) is 13.8 Å². The van der Waals surface area contributed by atoms with E-state index in [1.807, 2.05) is 56.7 Å². The summed E-state index contributed by atoms with van der Waals surface area (Å²) in [5, 5.41) is 11.7. The largest absolute Gasteiger partial charge is 0.461 e. The van der Waals surface area contributed by atoms with Crippen molar-refractivity contribution in [3.8, 4) is 11.6 Å². The molecule has 0 saturated heterocycles. The summed E-state index contributed by atoms with van der Waals surface area (Å²) in [7, 11) is 1.86. The lowest BCUT2D eigenvalue weighted by atomic mass is 10.1. The van der Waals surface area contributed by atoms with E-state index in [0.717, 1.165) is 16.8 Å². The predicted octanol–water partition coefficient (Wildman–Crippen LogP) is 3.81. The van der Waals surface area contributed by atoms with Gasteiger partial charge in [-0.1, -0.05) is 30.0 Å². The van der Waals surface area contributed by atoms with E-state index >= 15 is 0 Å². The second kappa shape index (κ2) is 7.14. The van der Waals surface area contributed by atoms with Crippen molar-refractivity contribution in [2.24, 2.45) is 7.05 Å². The Bertz CT molecular complexity index is 866. The van der Waals surface area contributed by atoms with Gasteiger partial charge in [0.1, 0.15) is 0 Å². The Kier molecular flexibility index (Phi) is 4.94. The zero-order chi connectivity index (χ0) is 18.0. The van der Waals surface area contributed by atoms with Crippen LogP contribution in [0.25, 0.3) is 11.6 Å². The highest BCUT2D eigenvalue weighted by molar-refractivity contribution is 8.00. The van der Waals surface area contributed by atoms with Crippen LogP contribution in [0.1, 0.15) is 18.1 Å². The van der Waals surface area contributed by atoms with Crippen molar-refractivity contribution in [2.45, 2.75) is 31.2 Å². The van der Waals surface area contributed by atoms with E-state index in [-0.39, 0.29) is 11.2 Å². The second-order valence-electron chi connectivity index (χ2n) is 5.86. The molecule has 25 heavy (non-hydrogen) atoms. The van der Waals surface area contributed by atoms with Crippen LogP contribution in [0.4, 0.5) is 5.69 Å². The SMILES string of the molecule is Cc1cccc(C)c1NC(=O)C(C)Sc1nnc(-c2ccco2)n1C. The smallest absolute Gasteiger partial charge is 0.237 e. The maximum Gasteiger partial charge on any atom is 0.237 e. The van der Waals surface area contributed by atoms with E-state index in [1.165, 1.54) is 11.8 Å². The first-order valence-corrected chi connectivity index (χ1v) is 8.82. The third-order valence-electron chi connectivity index (χ3n) is 3.96. The van der Waals surface area contributed by atoms with Crippen LogP contribution in [0.5, 0.6) is 0 Å². The highest BCUT2D eigenvalue weighted by Crippen LogP contribution is 2.27. The standard InChI is InChI=1S/C18H20N4O2S/c1-11-7-5-8-12(2)15(11)19-17(23)13(3)25-18-21-20-16(22(18)4)14-9-6-10-24-14/h5-10,13H,1-4H3,(H,19,23). The first-order valence-electron chi connectivity index (χ1n) is 7.94. The summed E-state index contributed by atoms with van der Waals surface area (Å²) in [6, 6.07) is 9.58. The molecule has 0 fully saturated rings. The number of furan rings is 1. The van der Waals surface area contributed by atoms with Gasteiger partial charge in [-0.05, 0) is 44.0 Å². The highest BCUT2D eigenvalue weighted by atomic mass is 32.2. The molecule has 1 amide bonds. The van der Waals surface area contributed by atoms with Gasteiger partial charge in [-0.3, -0.25) is 4.79 Å². The molecule has 0 aliphatic heterocycles. The summed E-state index contributed by atoms with van der Waals surface area (Å²) in [6.45, 7) is 5.83. The van der Waals surface area contributed by atoms with Crippen LogP contribution in [-0.2, 0) is 11.8 Å². The van der Waals surface area contributed by atoms with E-state index in [9.17, 15) is 4.79 Å². The molecule has 3 rings (SSSR count). The van der Waals surface area contributed by atoms with Crippen LogP contribution in [-0.4, -0.2) is 25.9 Å². The quantitative estimate of drug-likeness (QED) is 0.704. The van der Waals surface area contributed by atoms with E-state index in [4.69, 9.17) is 4.42 Å². The lowest BCUT2D eigenvalue weighted by Crippen LogP contribution is -2.23. The van der Waals surface area contributed by atoms with Gasteiger partial charge in [-0.15, -0.1) is 10.2 Å². The number of aromatic nitrogens is 3. The minimum Gasteiger partial charge on any atom is -0.461 e. The first kappa shape index (κ1) is 17.3. The Hall–Kier alpha value is -2.54. The molecule has 7 heteroatoms. The van der Waals surface area contributed by atoms with Gasteiger partial charge in [0.15, 0.2) is 16.7 Å². The number of aryl methyl sites for hydroxylation is 2. The summed E-state index contributed by atoms with van der Waals surface area (Å²) in [5.41, 5.74) is 2.96. The van der Waals surface area contributed by atoms with Crippen molar-refractivity contribution in [2.75, 3.05) is 5.32 Å². The van der Waals surface area contributed by atoms with Crippen LogP contribution in [0.3, 0.4) is 0 Å². The Morgan fingerprint density at radius 3 is 2.56 bits per heavy atom. The van der Waals surface area contributed by atoms with Gasteiger partial charge in [-0.2, -0.15) is 0 Å². The topological polar surface area (TPSA) is 73.0 Å². The summed E-state index contributed by atoms with van der Waals surface area (Å²) in [4.78, 5) is 12.6. The van der Waals surface area contributed by atoms with Crippen LogP contribution in [0.15, 0.2) is 46.2 Å². The summed E-state index contributed by atoms with van der Waals surface area (Å²) >= 11 is 1.36. The van der Waals surface area contributed by atoms with Crippen LogP contribution in [0.2, 0.25) is 0 Å². The lowest BCUT2D eigenvalue weighted by Gasteiger charge is -2.15. The third kappa shape index (κ3) is 3.61. The molecule has 1 aromatic carbocycles. The number of rotatable bonds is 5. The number of thioether (sulfide) groups is 1. The second-order valence-corrected chi connectivity index (χ2v) is 7.17. The number of anilines is 1. The number of hydrogen-bond acceptors (Lipinski definition) is 5. The van der Waals surface area contributed by atoms with Crippen molar-refractivity contribution in [3.63, 3.8) is 0 Å². The molecule has 130 valence electrons. The zero-order valence-corrected chi connectivity index (χ0v) is 15.4. The van der Waals surface area contributed by atoms with E-state index in [0.29, 0.717) is 16.7 Å². The number of nitrogens with zero attached hydrogens (tertiary/aromatic N) is 3. The molecule has 2 heterocycles. The molecule has 0 saturated carbocycles. The fourth-order valence-electron chi connectivity index (χ4n) is 2.49. The average molecular weight is 356 g/mol. The maximum absolute atomic E-state index is 12.6. The minimum atomic E-state index is -0.314. The normalized spacial score (nSPS) is 12.2. The fraction of sp³-hybridized carbons (Fsp3) is 0.278. The van der Waals surface area contributed by atoms with Gasteiger partial charge < -0.3 is 14.3 Å². The molecule has 0 radical (unpaired) electrons. The highest BCUT2D eigenvalue weighted by Gasteiger charge is 2.21. The van der Waals surface area contributed by atoms with E-state index < -0.39 is 0 Å². The monoisotopic (exact) mass is 356 g/mol. The number of carbonyl (C=O) groups excluding carboxylic acids is 1. The molecule has 1 N–H and O–H groups in total. The lowest BCUT2D eigenvalue weighted by molar-refractivity contribution is -0.115. The van der Waals surface area contributed by atoms with Gasteiger partial charge in [0.2, 0.25) is 5.91 Å².